The predicted octanol–water partition coefficient (Wildman–Crippen LogP) is 5.73. The number of fused-ring (bicyclic) bond motifs is 1. The highest BCUT2D eigenvalue weighted by Gasteiger charge is 2.14. The summed E-state index contributed by atoms with van der Waals surface area (Å²) >= 11 is 3.74. The molecule has 0 aliphatic rings. The van der Waals surface area contributed by atoms with E-state index in [1.54, 1.807) is 0 Å². The molecule has 1 unspecified atom stereocenters. The molecular weight excluding hydrogens is 312 g/mol. The Morgan fingerprint density at radius 1 is 0.950 bits per heavy atom. The zero-order valence-electron chi connectivity index (χ0n) is 11.7. The molecule has 0 aliphatic heterocycles. The molecule has 1 atom stereocenters. The first kappa shape index (κ1) is 13.4. The monoisotopic (exact) mass is 328 g/mol. The van der Waals surface area contributed by atoms with Crippen molar-refractivity contribution < 1.29 is 4.42 Å². The molecule has 3 aromatic rings. The predicted molar refractivity (Wildman–Crippen MR) is 87.5 cm³/mol. The van der Waals surface area contributed by atoms with Crippen LogP contribution in [0, 0.1) is 13.8 Å². The smallest absolute Gasteiger partial charge is 0.134 e. The Hall–Kier alpha value is -1.54. The lowest BCUT2D eigenvalue weighted by molar-refractivity contribution is 0.545. The Labute approximate surface area is 127 Å². The van der Waals surface area contributed by atoms with Crippen molar-refractivity contribution in [3.63, 3.8) is 0 Å². The number of benzene rings is 2. The van der Waals surface area contributed by atoms with E-state index >= 15 is 0 Å². The molecule has 1 nitrogen and oxygen atoms in total. The van der Waals surface area contributed by atoms with Gasteiger partial charge in [0.15, 0.2) is 0 Å². The van der Waals surface area contributed by atoms with Crippen molar-refractivity contribution in [2.75, 3.05) is 0 Å². The van der Waals surface area contributed by atoms with Gasteiger partial charge in [0, 0.05) is 5.39 Å². The molecule has 102 valence electrons. The lowest BCUT2D eigenvalue weighted by Crippen LogP contribution is -1.93. The lowest BCUT2D eigenvalue weighted by Gasteiger charge is -2.07. The van der Waals surface area contributed by atoms with E-state index in [9.17, 15) is 0 Å². The van der Waals surface area contributed by atoms with Gasteiger partial charge in [-0.05, 0) is 44.0 Å². The number of halogens is 1. The summed E-state index contributed by atoms with van der Waals surface area (Å²) in [6.07, 6.45) is 0.930. The highest BCUT2D eigenvalue weighted by molar-refractivity contribution is 9.09. The molecule has 0 bridgehead atoms. The highest BCUT2D eigenvalue weighted by atomic mass is 79.9. The molecule has 0 aliphatic carbocycles. The van der Waals surface area contributed by atoms with E-state index in [0.29, 0.717) is 0 Å². The summed E-state index contributed by atoms with van der Waals surface area (Å²) < 4.78 is 5.93. The molecule has 0 amide bonds. The number of rotatable bonds is 3. The number of furan rings is 1. The molecule has 0 radical (unpaired) electrons. The zero-order valence-corrected chi connectivity index (χ0v) is 13.3. The fourth-order valence-electron chi connectivity index (χ4n) is 2.37. The summed E-state index contributed by atoms with van der Waals surface area (Å²) in [5.74, 6) is 0.992. The SMILES string of the molecule is Cc1ccc(CC(Br)c2cc3cc(C)ccc3o2)cc1. The third kappa shape index (κ3) is 2.80. The van der Waals surface area contributed by atoms with Crippen molar-refractivity contribution in [1.29, 1.82) is 0 Å². The number of hydrogen-bond acceptors (Lipinski definition) is 1. The number of hydrogen-bond donors (Lipinski definition) is 0. The maximum Gasteiger partial charge on any atom is 0.134 e. The fourth-order valence-corrected chi connectivity index (χ4v) is 2.97. The molecule has 1 heterocycles. The van der Waals surface area contributed by atoms with E-state index in [4.69, 9.17) is 4.42 Å². The Kier molecular flexibility index (Phi) is 3.66. The van der Waals surface area contributed by atoms with Gasteiger partial charge in [-0.1, -0.05) is 57.4 Å². The quantitative estimate of drug-likeness (QED) is 0.559. The summed E-state index contributed by atoms with van der Waals surface area (Å²) in [5, 5.41) is 1.17. The minimum Gasteiger partial charge on any atom is -0.460 e. The average Bonchev–Trinajstić information content (AvgIpc) is 2.84. The second kappa shape index (κ2) is 5.45. The zero-order chi connectivity index (χ0) is 14.1. The molecule has 20 heavy (non-hydrogen) atoms. The molecule has 0 fully saturated rings. The molecule has 1 aromatic heterocycles. The molecule has 3 rings (SSSR count). The van der Waals surface area contributed by atoms with Crippen molar-refractivity contribution in [1.82, 2.24) is 0 Å². The van der Waals surface area contributed by atoms with Crippen LogP contribution in [0.1, 0.15) is 27.3 Å². The van der Waals surface area contributed by atoms with Crippen LogP contribution in [0.5, 0.6) is 0 Å². The standard InChI is InChI=1S/C18H17BrO/c1-12-3-6-14(7-4-12)10-16(19)18-11-15-9-13(2)5-8-17(15)20-18/h3-9,11,16H,10H2,1-2H3. The average molecular weight is 329 g/mol. The van der Waals surface area contributed by atoms with E-state index in [1.165, 1.54) is 22.1 Å². The van der Waals surface area contributed by atoms with E-state index < -0.39 is 0 Å². The van der Waals surface area contributed by atoms with Crippen molar-refractivity contribution in [3.8, 4) is 0 Å². The second-order valence-electron chi connectivity index (χ2n) is 5.35. The molecule has 0 saturated carbocycles. The summed E-state index contributed by atoms with van der Waals surface area (Å²) in [6, 6.07) is 17.1. The summed E-state index contributed by atoms with van der Waals surface area (Å²) in [7, 11) is 0. The van der Waals surface area contributed by atoms with Gasteiger partial charge >= 0.3 is 0 Å². The number of aryl methyl sites for hydroxylation is 2. The van der Waals surface area contributed by atoms with Crippen LogP contribution in [-0.2, 0) is 6.42 Å². The van der Waals surface area contributed by atoms with Crippen molar-refractivity contribution in [3.05, 3.63) is 71.0 Å². The van der Waals surface area contributed by atoms with Crippen LogP contribution in [0.3, 0.4) is 0 Å². The first-order valence-electron chi connectivity index (χ1n) is 6.81. The maximum atomic E-state index is 5.93. The normalized spacial score (nSPS) is 12.8. The summed E-state index contributed by atoms with van der Waals surface area (Å²) in [5.41, 5.74) is 4.82. The van der Waals surface area contributed by atoms with Gasteiger partial charge in [-0.15, -0.1) is 0 Å². The first-order chi connectivity index (χ1) is 9.61. The van der Waals surface area contributed by atoms with Gasteiger partial charge in [-0.25, -0.2) is 0 Å². The Morgan fingerprint density at radius 3 is 2.40 bits per heavy atom. The topological polar surface area (TPSA) is 13.1 Å². The van der Waals surface area contributed by atoms with Gasteiger partial charge in [-0.3, -0.25) is 0 Å². The van der Waals surface area contributed by atoms with Crippen molar-refractivity contribution in [2.24, 2.45) is 0 Å². The van der Waals surface area contributed by atoms with Crippen molar-refractivity contribution >= 4 is 26.9 Å². The van der Waals surface area contributed by atoms with Crippen LogP contribution in [-0.4, -0.2) is 0 Å². The maximum absolute atomic E-state index is 5.93. The van der Waals surface area contributed by atoms with E-state index in [1.807, 2.05) is 6.07 Å². The van der Waals surface area contributed by atoms with Crippen LogP contribution >= 0.6 is 15.9 Å². The van der Waals surface area contributed by atoms with Crippen molar-refractivity contribution in [2.45, 2.75) is 25.1 Å². The molecule has 2 aromatic carbocycles. The molecule has 0 N–H and O–H groups in total. The largest absolute Gasteiger partial charge is 0.460 e. The van der Waals surface area contributed by atoms with Gasteiger partial charge in [0.25, 0.3) is 0 Å². The van der Waals surface area contributed by atoms with Gasteiger partial charge in [0.05, 0.1) is 4.83 Å². The Balaban J connectivity index is 1.84. The molecule has 0 spiro atoms. The first-order valence-corrected chi connectivity index (χ1v) is 7.73. The van der Waals surface area contributed by atoms with Crippen LogP contribution in [0.2, 0.25) is 0 Å². The minimum atomic E-state index is 0.206. The van der Waals surface area contributed by atoms with Crippen LogP contribution in [0.25, 0.3) is 11.0 Å². The highest BCUT2D eigenvalue weighted by Crippen LogP contribution is 2.32. The second-order valence-corrected chi connectivity index (χ2v) is 6.45. The van der Waals surface area contributed by atoms with Crippen LogP contribution in [0.15, 0.2) is 52.9 Å². The Bertz CT molecular complexity index is 725. The van der Waals surface area contributed by atoms with E-state index in [0.717, 1.165) is 17.8 Å². The van der Waals surface area contributed by atoms with E-state index in [2.05, 4.69) is 72.2 Å². The van der Waals surface area contributed by atoms with Gasteiger partial charge in [0.2, 0.25) is 0 Å². The minimum absolute atomic E-state index is 0.206. The van der Waals surface area contributed by atoms with E-state index in [-0.39, 0.29) is 4.83 Å². The van der Waals surface area contributed by atoms with Gasteiger partial charge in [0.1, 0.15) is 11.3 Å². The third-order valence-corrected chi connectivity index (χ3v) is 4.31. The molecule has 0 saturated heterocycles. The molecule has 2 heteroatoms. The van der Waals surface area contributed by atoms with Crippen LogP contribution < -0.4 is 0 Å². The van der Waals surface area contributed by atoms with Gasteiger partial charge in [-0.2, -0.15) is 0 Å². The Morgan fingerprint density at radius 2 is 1.65 bits per heavy atom. The van der Waals surface area contributed by atoms with Crippen LogP contribution in [0.4, 0.5) is 0 Å². The number of alkyl halides is 1. The summed E-state index contributed by atoms with van der Waals surface area (Å²) in [6.45, 7) is 4.21. The van der Waals surface area contributed by atoms with Gasteiger partial charge < -0.3 is 4.42 Å². The summed E-state index contributed by atoms with van der Waals surface area (Å²) in [4.78, 5) is 0.206. The third-order valence-electron chi connectivity index (χ3n) is 3.54. The lowest BCUT2D eigenvalue weighted by atomic mass is 10.1. The fraction of sp³-hybridized carbons (Fsp3) is 0.222. The molecular formula is C18H17BrO.